The van der Waals surface area contributed by atoms with Crippen LogP contribution in [0.2, 0.25) is 0 Å². The summed E-state index contributed by atoms with van der Waals surface area (Å²) in [5.74, 6) is -3.11. The average molecular weight is 357 g/mol. The molecule has 4 N–H and O–H groups in total. The van der Waals surface area contributed by atoms with Gasteiger partial charge in [0.05, 0.1) is 23.7 Å². The minimum atomic E-state index is -1.01. The summed E-state index contributed by atoms with van der Waals surface area (Å²) >= 11 is 0. The summed E-state index contributed by atoms with van der Waals surface area (Å²) in [5.41, 5.74) is 4.93. The van der Waals surface area contributed by atoms with Crippen LogP contribution in [0.3, 0.4) is 0 Å². The number of rotatable bonds is 4. The molecule has 8 heteroatoms. The number of hydrogen-bond acceptors (Lipinski definition) is 6. The van der Waals surface area contributed by atoms with Gasteiger partial charge >= 0.3 is 0 Å². The molecule has 0 saturated carbocycles. The van der Waals surface area contributed by atoms with Gasteiger partial charge in [0.2, 0.25) is 17.7 Å². The summed E-state index contributed by atoms with van der Waals surface area (Å²) in [4.78, 5) is 60.8. The number of nitrogens with one attached hydrogen (secondary N) is 2. The Morgan fingerprint density at radius 2 is 2.00 bits per heavy atom. The first-order chi connectivity index (χ1) is 12.3. The monoisotopic (exact) mass is 357 g/mol. The summed E-state index contributed by atoms with van der Waals surface area (Å²) in [5, 5.41) is 4.80. The highest BCUT2D eigenvalue weighted by atomic mass is 16.2. The maximum atomic E-state index is 12.9. The SMILES string of the molecule is C[C@]1(CC2C(=O)c3cccc(NC(=O)CN)c3C2=O)CCC(=O)NC1=O. The Bertz CT molecular complexity index is 847. The van der Waals surface area contributed by atoms with E-state index in [0.717, 1.165) is 0 Å². The third-order valence-corrected chi connectivity index (χ3v) is 5.03. The zero-order chi connectivity index (χ0) is 19.1. The highest BCUT2D eigenvalue weighted by Gasteiger charge is 2.47. The summed E-state index contributed by atoms with van der Waals surface area (Å²) in [7, 11) is 0. The van der Waals surface area contributed by atoms with Gasteiger partial charge in [0.25, 0.3) is 0 Å². The van der Waals surface area contributed by atoms with E-state index in [-0.39, 0.29) is 54.3 Å². The normalized spacial score (nSPS) is 25.1. The van der Waals surface area contributed by atoms with Crippen LogP contribution >= 0.6 is 0 Å². The maximum Gasteiger partial charge on any atom is 0.238 e. The van der Waals surface area contributed by atoms with Gasteiger partial charge in [-0.25, -0.2) is 0 Å². The van der Waals surface area contributed by atoms with Crippen LogP contribution in [0.4, 0.5) is 5.69 Å². The highest BCUT2D eigenvalue weighted by Crippen LogP contribution is 2.41. The molecule has 1 fully saturated rings. The Morgan fingerprint density at radius 1 is 1.27 bits per heavy atom. The molecule has 3 amide bonds. The lowest BCUT2D eigenvalue weighted by molar-refractivity contribution is -0.141. The number of Topliss-reactive ketones (excluding diaryl/α,β-unsaturated/α-hetero) is 2. The fourth-order valence-corrected chi connectivity index (χ4v) is 3.48. The van der Waals surface area contributed by atoms with Crippen LogP contribution < -0.4 is 16.4 Å². The number of imide groups is 1. The molecule has 2 atom stereocenters. The number of nitrogens with two attached hydrogens (primary N) is 1. The second-order valence-corrected chi connectivity index (χ2v) is 6.90. The first kappa shape index (κ1) is 17.9. The largest absolute Gasteiger partial charge is 0.324 e. The van der Waals surface area contributed by atoms with E-state index >= 15 is 0 Å². The lowest BCUT2D eigenvalue weighted by atomic mass is 9.73. The van der Waals surface area contributed by atoms with Gasteiger partial charge in [-0.3, -0.25) is 29.3 Å². The van der Waals surface area contributed by atoms with Crippen molar-refractivity contribution in [2.24, 2.45) is 17.1 Å². The average Bonchev–Trinajstić information content (AvgIpc) is 2.84. The molecule has 1 aromatic rings. The second-order valence-electron chi connectivity index (χ2n) is 6.90. The summed E-state index contributed by atoms with van der Waals surface area (Å²) in [6.07, 6.45) is 0.465. The number of piperidine rings is 1. The quantitative estimate of drug-likeness (QED) is 0.527. The van der Waals surface area contributed by atoms with Gasteiger partial charge in [0, 0.05) is 17.4 Å². The van der Waals surface area contributed by atoms with Gasteiger partial charge in [-0.2, -0.15) is 0 Å². The van der Waals surface area contributed by atoms with Crippen LogP contribution in [0.15, 0.2) is 18.2 Å². The molecule has 3 rings (SSSR count). The van der Waals surface area contributed by atoms with Gasteiger partial charge < -0.3 is 11.1 Å². The predicted molar refractivity (Wildman–Crippen MR) is 91.4 cm³/mol. The lowest BCUT2D eigenvalue weighted by Gasteiger charge is -2.32. The highest BCUT2D eigenvalue weighted by molar-refractivity contribution is 6.29. The van der Waals surface area contributed by atoms with Gasteiger partial charge in [0.15, 0.2) is 11.6 Å². The molecule has 0 radical (unpaired) electrons. The third-order valence-electron chi connectivity index (χ3n) is 5.03. The summed E-state index contributed by atoms with van der Waals surface area (Å²) in [6.45, 7) is 1.40. The number of carbonyl (C=O) groups excluding carboxylic acids is 5. The van der Waals surface area contributed by atoms with Crippen molar-refractivity contribution in [3.8, 4) is 0 Å². The van der Waals surface area contributed by atoms with E-state index in [4.69, 9.17) is 5.73 Å². The number of hydrogen-bond donors (Lipinski definition) is 3. The van der Waals surface area contributed by atoms with Gasteiger partial charge in [0.1, 0.15) is 0 Å². The van der Waals surface area contributed by atoms with Crippen molar-refractivity contribution in [2.45, 2.75) is 26.2 Å². The Kier molecular flexibility index (Phi) is 4.45. The van der Waals surface area contributed by atoms with Crippen LogP contribution in [-0.2, 0) is 14.4 Å². The first-order valence-electron chi connectivity index (χ1n) is 8.32. The topological polar surface area (TPSA) is 135 Å². The Labute approximate surface area is 149 Å². The zero-order valence-electron chi connectivity index (χ0n) is 14.3. The standard InChI is InChI=1S/C18H19N3O5/c1-18(6-5-12(22)21-17(18)26)7-10-15(24)9-3-2-4-11(14(9)16(10)25)20-13(23)8-19/h2-4,10H,5-8,19H2,1H3,(H,20,23)(H,21,22,26)/t10?,18-/m1/s1. The molecular formula is C18H19N3O5. The van der Waals surface area contributed by atoms with E-state index in [0.29, 0.717) is 0 Å². The van der Waals surface area contributed by atoms with Crippen molar-refractivity contribution in [1.29, 1.82) is 0 Å². The molecule has 1 aromatic carbocycles. The number of amides is 3. The fraction of sp³-hybridized carbons (Fsp3) is 0.389. The molecule has 1 aliphatic heterocycles. The lowest BCUT2D eigenvalue weighted by Crippen LogP contribution is -2.48. The van der Waals surface area contributed by atoms with E-state index in [9.17, 15) is 24.0 Å². The molecule has 0 aromatic heterocycles. The van der Waals surface area contributed by atoms with Gasteiger partial charge in [-0.15, -0.1) is 0 Å². The molecule has 1 saturated heterocycles. The number of fused-ring (bicyclic) bond motifs is 1. The Hall–Kier alpha value is -2.87. The molecule has 2 aliphatic rings. The Morgan fingerprint density at radius 3 is 2.65 bits per heavy atom. The maximum absolute atomic E-state index is 12.9. The molecule has 8 nitrogen and oxygen atoms in total. The Balaban J connectivity index is 1.90. The number of ketones is 2. The minimum Gasteiger partial charge on any atom is -0.324 e. The molecule has 136 valence electrons. The summed E-state index contributed by atoms with van der Waals surface area (Å²) < 4.78 is 0. The second kappa shape index (κ2) is 6.45. The third kappa shape index (κ3) is 2.92. The fourth-order valence-electron chi connectivity index (χ4n) is 3.48. The van der Waals surface area contributed by atoms with Gasteiger partial charge in [-0.05, 0) is 18.9 Å². The van der Waals surface area contributed by atoms with Crippen LogP contribution in [0, 0.1) is 11.3 Å². The number of benzene rings is 1. The zero-order valence-corrected chi connectivity index (χ0v) is 14.3. The molecule has 1 unspecified atom stereocenters. The smallest absolute Gasteiger partial charge is 0.238 e. The molecular weight excluding hydrogens is 338 g/mol. The number of carbonyl (C=O) groups is 5. The van der Waals surface area contributed by atoms with E-state index in [1.54, 1.807) is 13.0 Å². The van der Waals surface area contributed by atoms with E-state index in [1.807, 2.05) is 0 Å². The molecule has 1 heterocycles. The van der Waals surface area contributed by atoms with Crippen LogP contribution in [0.1, 0.15) is 46.9 Å². The van der Waals surface area contributed by atoms with Crippen molar-refractivity contribution in [3.63, 3.8) is 0 Å². The van der Waals surface area contributed by atoms with E-state index in [2.05, 4.69) is 10.6 Å². The van der Waals surface area contributed by atoms with Crippen LogP contribution in [0.5, 0.6) is 0 Å². The minimum absolute atomic E-state index is 0.0166. The van der Waals surface area contributed by atoms with E-state index in [1.165, 1.54) is 12.1 Å². The molecule has 1 aliphatic carbocycles. The first-order valence-corrected chi connectivity index (χ1v) is 8.32. The number of anilines is 1. The van der Waals surface area contributed by atoms with Crippen LogP contribution in [-0.4, -0.2) is 35.8 Å². The van der Waals surface area contributed by atoms with Crippen molar-refractivity contribution < 1.29 is 24.0 Å². The van der Waals surface area contributed by atoms with Crippen molar-refractivity contribution in [3.05, 3.63) is 29.3 Å². The molecule has 26 heavy (non-hydrogen) atoms. The summed E-state index contributed by atoms with van der Waals surface area (Å²) in [6, 6.07) is 4.64. The van der Waals surface area contributed by atoms with Crippen molar-refractivity contribution in [1.82, 2.24) is 5.32 Å². The predicted octanol–water partition coefficient (Wildman–Crippen LogP) is 0.412. The van der Waals surface area contributed by atoms with E-state index < -0.39 is 28.9 Å². The van der Waals surface area contributed by atoms with Gasteiger partial charge in [-0.1, -0.05) is 19.1 Å². The van der Waals surface area contributed by atoms with Crippen molar-refractivity contribution >= 4 is 35.0 Å². The van der Waals surface area contributed by atoms with Crippen LogP contribution in [0.25, 0.3) is 0 Å². The molecule has 0 spiro atoms. The molecule has 0 bridgehead atoms. The van der Waals surface area contributed by atoms with Crippen molar-refractivity contribution in [2.75, 3.05) is 11.9 Å².